The van der Waals surface area contributed by atoms with Gasteiger partial charge >= 0.3 is 0 Å². The number of alkyl halides is 1. The molecular weight excluding hydrogens is 282 g/mol. The standard InChI is InChI=1S/C14H22ClNO2S/c1-3-16(19(17,18)11-7-6-10-15)12-14-9-5-4-8-13(14)2/h4-5,8-9H,3,6-7,10-12H2,1-2H3. The maximum atomic E-state index is 12.2. The summed E-state index contributed by atoms with van der Waals surface area (Å²) in [7, 11) is -3.18. The van der Waals surface area contributed by atoms with E-state index in [1.165, 1.54) is 0 Å². The highest BCUT2D eigenvalue weighted by molar-refractivity contribution is 7.89. The van der Waals surface area contributed by atoms with Crippen LogP contribution in [0.1, 0.15) is 30.9 Å². The van der Waals surface area contributed by atoms with E-state index in [-0.39, 0.29) is 5.75 Å². The van der Waals surface area contributed by atoms with E-state index in [4.69, 9.17) is 11.6 Å². The molecule has 0 unspecified atom stereocenters. The van der Waals surface area contributed by atoms with Gasteiger partial charge in [-0.25, -0.2) is 8.42 Å². The molecule has 0 heterocycles. The Labute approximate surface area is 121 Å². The van der Waals surface area contributed by atoms with Crippen LogP contribution in [0.5, 0.6) is 0 Å². The van der Waals surface area contributed by atoms with Crippen molar-refractivity contribution in [1.29, 1.82) is 0 Å². The second kappa shape index (κ2) is 7.88. The van der Waals surface area contributed by atoms with Gasteiger partial charge in [-0.05, 0) is 30.9 Å². The fourth-order valence-electron chi connectivity index (χ4n) is 1.89. The number of nitrogens with zero attached hydrogens (tertiary/aromatic N) is 1. The Bertz CT molecular complexity index is 488. The fraction of sp³-hybridized carbons (Fsp3) is 0.571. The van der Waals surface area contributed by atoms with Crippen molar-refractivity contribution in [3.63, 3.8) is 0 Å². The molecule has 0 aromatic heterocycles. The van der Waals surface area contributed by atoms with Crippen LogP contribution in [0.4, 0.5) is 0 Å². The molecule has 0 fully saturated rings. The van der Waals surface area contributed by atoms with E-state index in [1.54, 1.807) is 4.31 Å². The zero-order valence-electron chi connectivity index (χ0n) is 11.6. The van der Waals surface area contributed by atoms with Gasteiger partial charge < -0.3 is 0 Å². The highest BCUT2D eigenvalue weighted by Gasteiger charge is 2.20. The van der Waals surface area contributed by atoms with Crippen molar-refractivity contribution in [2.75, 3.05) is 18.2 Å². The first-order valence-corrected chi connectivity index (χ1v) is 8.74. The Kier molecular flexibility index (Phi) is 6.83. The van der Waals surface area contributed by atoms with Crippen LogP contribution < -0.4 is 0 Å². The molecule has 1 aromatic rings. The first-order valence-electron chi connectivity index (χ1n) is 6.59. The Morgan fingerprint density at radius 1 is 1.21 bits per heavy atom. The predicted molar refractivity (Wildman–Crippen MR) is 81.0 cm³/mol. The van der Waals surface area contributed by atoms with E-state index in [0.717, 1.165) is 17.5 Å². The summed E-state index contributed by atoms with van der Waals surface area (Å²) in [6, 6.07) is 7.88. The molecule has 0 aliphatic heterocycles. The Morgan fingerprint density at radius 3 is 2.47 bits per heavy atom. The van der Waals surface area contributed by atoms with Gasteiger partial charge in [-0.15, -0.1) is 11.6 Å². The quantitative estimate of drug-likeness (QED) is 0.546. The van der Waals surface area contributed by atoms with E-state index in [0.29, 0.717) is 25.4 Å². The Hall–Kier alpha value is -0.580. The highest BCUT2D eigenvalue weighted by Crippen LogP contribution is 2.14. The number of aryl methyl sites for hydroxylation is 1. The Morgan fingerprint density at radius 2 is 1.89 bits per heavy atom. The summed E-state index contributed by atoms with van der Waals surface area (Å²) in [5, 5.41) is 0. The summed E-state index contributed by atoms with van der Waals surface area (Å²) in [5.74, 6) is 0.693. The second-order valence-electron chi connectivity index (χ2n) is 4.56. The van der Waals surface area contributed by atoms with Crippen molar-refractivity contribution >= 4 is 21.6 Å². The van der Waals surface area contributed by atoms with Gasteiger partial charge in [0.05, 0.1) is 5.75 Å². The van der Waals surface area contributed by atoms with Gasteiger partial charge in [0.15, 0.2) is 0 Å². The summed E-state index contributed by atoms with van der Waals surface area (Å²) in [5.41, 5.74) is 2.18. The molecule has 0 saturated heterocycles. The lowest BCUT2D eigenvalue weighted by molar-refractivity contribution is 0.421. The van der Waals surface area contributed by atoms with Gasteiger partial charge in [-0.3, -0.25) is 0 Å². The average molecular weight is 304 g/mol. The lowest BCUT2D eigenvalue weighted by Crippen LogP contribution is -2.32. The topological polar surface area (TPSA) is 37.4 Å². The molecule has 0 bridgehead atoms. The lowest BCUT2D eigenvalue weighted by Gasteiger charge is -2.21. The lowest BCUT2D eigenvalue weighted by atomic mass is 10.1. The normalized spacial score (nSPS) is 12.0. The molecule has 0 amide bonds. The van der Waals surface area contributed by atoms with Crippen LogP contribution in [0.25, 0.3) is 0 Å². The maximum Gasteiger partial charge on any atom is 0.214 e. The van der Waals surface area contributed by atoms with Crippen LogP contribution in [0.15, 0.2) is 24.3 Å². The molecular formula is C14H22ClNO2S. The summed E-state index contributed by atoms with van der Waals surface area (Å²) in [6.45, 7) is 4.82. The minimum atomic E-state index is -3.18. The van der Waals surface area contributed by atoms with Crippen LogP contribution >= 0.6 is 11.6 Å². The summed E-state index contributed by atoms with van der Waals surface area (Å²) in [4.78, 5) is 0. The minimum Gasteiger partial charge on any atom is -0.212 e. The Balaban J connectivity index is 2.75. The van der Waals surface area contributed by atoms with Crippen molar-refractivity contribution in [2.45, 2.75) is 33.2 Å². The molecule has 0 saturated carbocycles. The minimum absolute atomic E-state index is 0.180. The molecule has 0 atom stereocenters. The first kappa shape index (κ1) is 16.5. The molecule has 0 spiro atoms. The fourth-order valence-corrected chi connectivity index (χ4v) is 3.64. The third kappa shape index (κ3) is 5.13. The summed E-state index contributed by atoms with van der Waals surface area (Å²) >= 11 is 5.59. The first-order chi connectivity index (χ1) is 9.01. The van der Waals surface area contributed by atoms with E-state index in [1.807, 2.05) is 38.1 Å². The molecule has 108 valence electrons. The summed E-state index contributed by atoms with van der Waals surface area (Å²) < 4.78 is 26.0. The van der Waals surface area contributed by atoms with Crippen LogP contribution in [0, 0.1) is 6.92 Å². The van der Waals surface area contributed by atoms with Gasteiger partial charge in [0.1, 0.15) is 0 Å². The van der Waals surface area contributed by atoms with Crippen LogP contribution in [-0.4, -0.2) is 30.9 Å². The van der Waals surface area contributed by atoms with Gasteiger partial charge in [0.2, 0.25) is 10.0 Å². The SMILES string of the molecule is CCN(Cc1ccccc1C)S(=O)(=O)CCCCCl. The zero-order valence-corrected chi connectivity index (χ0v) is 13.2. The van der Waals surface area contributed by atoms with Crippen molar-refractivity contribution in [3.8, 4) is 0 Å². The molecule has 1 aromatic carbocycles. The number of halogens is 1. The van der Waals surface area contributed by atoms with Crippen molar-refractivity contribution in [2.24, 2.45) is 0 Å². The highest BCUT2D eigenvalue weighted by atomic mass is 35.5. The smallest absolute Gasteiger partial charge is 0.212 e. The number of unbranched alkanes of at least 4 members (excludes halogenated alkanes) is 1. The van der Waals surface area contributed by atoms with Crippen LogP contribution in [0.2, 0.25) is 0 Å². The molecule has 3 nitrogen and oxygen atoms in total. The number of hydrogen-bond acceptors (Lipinski definition) is 2. The average Bonchev–Trinajstić information content (AvgIpc) is 2.37. The predicted octanol–water partition coefficient (Wildman–Crippen LogP) is 3.17. The van der Waals surface area contributed by atoms with Crippen molar-refractivity contribution < 1.29 is 8.42 Å². The van der Waals surface area contributed by atoms with Gasteiger partial charge in [-0.2, -0.15) is 4.31 Å². The van der Waals surface area contributed by atoms with Crippen LogP contribution in [-0.2, 0) is 16.6 Å². The van der Waals surface area contributed by atoms with E-state index < -0.39 is 10.0 Å². The third-order valence-electron chi connectivity index (χ3n) is 3.14. The van der Waals surface area contributed by atoms with Gasteiger partial charge in [0, 0.05) is 19.0 Å². The van der Waals surface area contributed by atoms with Crippen molar-refractivity contribution in [3.05, 3.63) is 35.4 Å². The monoisotopic (exact) mass is 303 g/mol. The van der Waals surface area contributed by atoms with Crippen LogP contribution in [0.3, 0.4) is 0 Å². The number of benzene rings is 1. The molecule has 5 heteroatoms. The van der Waals surface area contributed by atoms with Gasteiger partial charge in [-0.1, -0.05) is 31.2 Å². The maximum absolute atomic E-state index is 12.2. The molecule has 0 aliphatic carbocycles. The third-order valence-corrected chi connectivity index (χ3v) is 5.39. The van der Waals surface area contributed by atoms with E-state index >= 15 is 0 Å². The molecule has 1 rings (SSSR count). The molecule has 0 aliphatic rings. The molecule has 0 radical (unpaired) electrons. The largest absolute Gasteiger partial charge is 0.214 e. The number of sulfonamides is 1. The zero-order chi connectivity index (χ0) is 14.3. The molecule has 19 heavy (non-hydrogen) atoms. The van der Waals surface area contributed by atoms with Crippen molar-refractivity contribution in [1.82, 2.24) is 4.31 Å². The number of rotatable bonds is 8. The van der Waals surface area contributed by atoms with E-state index in [2.05, 4.69) is 0 Å². The number of hydrogen-bond donors (Lipinski definition) is 0. The van der Waals surface area contributed by atoms with E-state index in [9.17, 15) is 8.42 Å². The second-order valence-corrected chi connectivity index (χ2v) is 7.03. The summed E-state index contributed by atoms with van der Waals surface area (Å²) in [6.07, 6.45) is 1.36. The molecule has 0 N–H and O–H groups in total. The van der Waals surface area contributed by atoms with Gasteiger partial charge in [0.25, 0.3) is 0 Å².